The molecule has 0 radical (unpaired) electrons. The second-order valence-electron chi connectivity index (χ2n) is 6.79. The molecule has 1 atom stereocenters. The molecule has 0 aliphatic carbocycles. The molecule has 2 aromatic heterocycles. The number of fused-ring (bicyclic) bond motifs is 1. The molecule has 0 bridgehead atoms. The Morgan fingerprint density at radius 3 is 2.55 bits per heavy atom. The molecule has 0 fully saturated rings. The number of hydrogen-bond acceptors (Lipinski definition) is 5. The van der Waals surface area contributed by atoms with Crippen LogP contribution in [0.15, 0.2) is 68.7 Å². The molecule has 0 saturated carbocycles. The van der Waals surface area contributed by atoms with E-state index >= 15 is 0 Å². The number of pyridine rings is 1. The van der Waals surface area contributed by atoms with Gasteiger partial charge in [-0.25, -0.2) is 9.36 Å². The summed E-state index contributed by atoms with van der Waals surface area (Å²) in [4.78, 5) is 27.2. The predicted octanol–water partition coefficient (Wildman–Crippen LogP) is 2.98. The molecule has 31 heavy (non-hydrogen) atoms. The van der Waals surface area contributed by atoms with Gasteiger partial charge in [0.2, 0.25) is 0 Å². The molecule has 0 saturated heterocycles. The van der Waals surface area contributed by atoms with Crippen LogP contribution in [0, 0.1) is 0 Å². The van der Waals surface area contributed by atoms with Crippen LogP contribution in [0.4, 0.5) is 13.2 Å². The average molecular weight is 432 g/mol. The van der Waals surface area contributed by atoms with Crippen LogP contribution < -0.4 is 11.3 Å². The van der Waals surface area contributed by atoms with E-state index in [2.05, 4.69) is 4.98 Å². The molecule has 4 rings (SSSR count). The summed E-state index contributed by atoms with van der Waals surface area (Å²) < 4.78 is 46.0. The fraction of sp³-hybridized carbons (Fsp3) is 0.143. The van der Waals surface area contributed by atoms with E-state index in [4.69, 9.17) is 9.52 Å². The fourth-order valence-corrected chi connectivity index (χ4v) is 3.29. The molecule has 4 aromatic rings. The lowest BCUT2D eigenvalue weighted by Crippen LogP contribution is -2.13. The van der Waals surface area contributed by atoms with E-state index in [-0.39, 0.29) is 28.1 Å². The van der Waals surface area contributed by atoms with Gasteiger partial charge in [0.05, 0.1) is 24.1 Å². The summed E-state index contributed by atoms with van der Waals surface area (Å²) in [7, 11) is 0. The highest BCUT2D eigenvalue weighted by atomic mass is 19.4. The first-order valence-electron chi connectivity index (χ1n) is 9.04. The smallest absolute Gasteiger partial charge is 0.410 e. The largest absolute Gasteiger partial charge is 0.423 e. The van der Waals surface area contributed by atoms with Crippen molar-refractivity contribution in [2.24, 2.45) is 0 Å². The van der Waals surface area contributed by atoms with E-state index in [0.717, 1.165) is 10.6 Å². The Labute approximate surface area is 171 Å². The molecule has 2 aromatic carbocycles. The van der Waals surface area contributed by atoms with Crippen molar-refractivity contribution in [1.82, 2.24) is 9.55 Å². The third-order valence-corrected chi connectivity index (χ3v) is 4.79. The van der Waals surface area contributed by atoms with Crippen LogP contribution in [-0.4, -0.2) is 26.4 Å². The minimum Gasteiger partial charge on any atom is -0.410 e. The Bertz CT molecular complexity index is 1380. The Balaban J connectivity index is 1.84. The van der Waals surface area contributed by atoms with Crippen molar-refractivity contribution >= 4 is 10.8 Å². The van der Waals surface area contributed by atoms with Gasteiger partial charge in [0.1, 0.15) is 6.10 Å². The molecule has 0 aliphatic rings. The van der Waals surface area contributed by atoms with E-state index < -0.39 is 35.8 Å². The minimum absolute atomic E-state index is 0.00649. The van der Waals surface area contributed by atoms with E-state index in [9.17, 15) is 27.9 Å². The Hall–Kier alpha value is -3.63. The van der Waals surface area contributed by atoms with Crippen LogP contribution in [0.1, 0.15) is 17.4 Å². The van der Waals surface area contributed by atoms with Gasteiger partial charge in [-0.15, -0.1) is 0 Å². The van der Waals surface area contributed by atoms with E-state index in [1.54, 1.807) is 0 Å². The van der Waals surface area contributed by atoms with E-state index in [1.807, 2.05) is 0 Å². The number of hydrogen-bond donors (Lipinski definition) is 3. The predicted molar refractivity (Wildman–Crippen MR) is 105 cm³/mol. The van der Waals surface area contributed by atoms with Gasteiger partial charge in [0.15, 0.2) is 5.76 Å². The van der Waals surface area contributed by atoms with Crippen LogP contribution >= 0.6 is 0 Å². The molecular formula is C21H15F3N2O5. The third kappa shape index (κ3) is 3.78. The Morgan fingerprint density at radius 1 is 1.10 bits per heavy atom. The summed E-state index contributed by atoms with van der Waals surface area (Å²) in [6.45, 7) is -0.646. The van der Waals surface area contributed by atoms with Crippen LogP contribution in [0.25, 0.3) is 27.7 Å². The number of H-pyrrole nitrogens is 1. The molecule has 10 heteroatoms. The Morgan fingerprint density at radius 2 is 1.84 bits per heavy atom. The lowest BCUT2D eigenvalue weighted by molar-refractivity contribution is -0.137. The van der Waals surface area contributed by atoms with Crippen molar-refractivity contribution < 1.29 is 27.8 Å². The molecule has 2 heterocycles. The van der Waals surface area contributed by atoms with E-state index in [0.29, 0.717) is 5.39 Å². The highest BCUT2D eigenvalue weighted by Crippen LogP contribution is 2.36. The Kier molecular flexibility index (Phi) is 5.03. The number of aromatic amines is 1. The van der Waals surface area contributed by atoms with Gasteiger partial charge in [-0.3, -0.25) is 4.79 Å². The van der Waals surface area contributed by atoms with Crippen LogP contribution in [0.5, 0.6) is 0 Å². The third-order valence-electron chi connectivity index (χ3n) is 4.79. The van der Waals surface area contributed by atoms with Gasteiger partial charge >= 0.3 is 11.9 Å². The zero-order chi connectivity index (χ0) is 22.3. The number of aromatic nitrogens is 2. The number of alkyl halides is 3. The second kappa shape index (κ2) is 7.56. The number of aliphatic hydroxyl groups excluding tert-OH is 2. The summed E-state index contributed by atoms with van der Waals surface area (Å²) >= 11 is 0. The highest BCUT2D eigenvalue weighted by molar-refractivity contribution is 5.87. The van der Waals surface area contributed by atoms with Crippen molar-refractivity contribution in [3.05, 3.63) is 87.0 Å². The van der Waals surface area contributed by atoms with Gasteiger partial charge in [0.25, 0.3) is 5.56 Å². The average Bonchev–Trinajstić information content (AvgIpc) is 3.14. The fourth-order valence-electron chi connectivity index (χ4n) is 3.29. The summed E-state index contributed by atoms with van der Waals surface area (Å²) in [5.74, 6) is -0.991. The van der Waals surface area contributed by atoms with Crippen molar-refractivity contribution in [2.45, 2.75) is 12.3 Å². The van der Waals surface area contributed by atoms with Gasteiger partial charge < -0.3 is 19.6 Å². The van der Waals surface area contributed by atoms with Crippen LogP contribution in [0.2, 0.25) is 0 Å². The monoisotopic (exact) mass is 432 g/mol. The maximum absolute atomic E-state index is 13.3. The maximum Gasteiger partial charge on any atom is 0.423 e. The maximum atomic E-state index is 13.3. The standard InChI is InChI=1S/C21H15F3N2O5/c22-21(23,24)15-4-2-1-3-13(15)16-7-11-5-6-12(8-14(11)19(29)25-16)26-9-18(17(28)10-27)31-20(26)30/h1-9,17,27-28H,10H2,(H,25,29)/t17-/m1/s1. The van der Waals surface area contributed by atoms with E-state index in [1.165, 1.54) is 48.7 Å². The first-order valence-corrected chi connectivity index (χ1v) is 9.04. The second-order valence-corrected chi connectivity index (χ2v) is 6.79. The number of nitrogens with one attached hydrogen (secondary N) is 1. The molecule has 3 N–H and O–H groups in total. The van der Waals surface area contributed by atoms with Gasteiger partial charge in [-0.05, 0) is 29.7 Å². The van der Waals surface area contributed by atoms with Crippen molar-refractivity contribution in [3.63, 3.8) is 0 Å². The van der Waals surface area contributed by atoms with Gasteiger partial charge in [-0.1, -0.05) is 24.3 Å². The number of rotatable bonds is 4. The topological polar surface area (TPSA) is 108 Å². The number of benzene rings is 2. The lowest BCUT2D eigenvalue weighted by Gasteiger charge is -2.13. The van der Waals surface area contributed by atoms with Crippen LogP contribution in [-0.2, 0) is 6.18 Å². The van der Waals surface area contributed by atoms with Crippen molar-refractivity contribution in [3.8, 4) is 16.9 Å². The zero-order valence-corrected chi connectivity index (χ0v) is 15.7. The summed E-state index contributed by atoms with van der Waals surface area (Å²) in [6.07, 6.45) is -4.79. The van der Waals surface area contributed by atoms with Crippen molar-refractivity contribution in [1.29, 1.82) is 0 Å². The first kappa shape index (κ1) is 20.6. The van der Waals surface area contributed by atoms with Crippen LogP contribution in [0.3, 0.4) is 0 Å². The lowest BCUT2D eigenvalue weighted by atomic mass is 10.0. The normalized spacial score (nSPS) is 12.9. The number of nitrogens with zero attached hydrogens (tertiary/aromatic N) is 1. The molecule has 7 nitrogen and oxygen atoms in total. The molecule has 0 amide bonds. The first-order chi connectivity index (χ1) is 14.7. The summed E-state index contributed by atoms with van der Waals surface area (Å²) in [5, 5.41) is 19.1. The quantitative estimate of drug-likeness (QED) is 0.460. The SMILES string of the molecule is O=c1[nH]c(-c2ccccc2C(F)(F)F)cc2ccc(-n3cc([C@H](O)CO)oc3=O)cc12. The van der Waals surface area contributed by atoms with Crippen molar-refractivity contribution in [2.75, 3.05) is 6.61 Å². The zero-order valence-electron chi connectivity index (χ0n) is 15.7. The molecule has 0 aliphatic heterocycles. The molecule has 0 unspecified atom stereocenters. The van der Waals surface area contributed by atoms with Gasteiger partial charge in [-0.2, -0.15) is 13.2 Å². The molecule has 160 valence electrons. The number of halogens is 3. The molecule has 0 spiro atoms. The number of oxazole rings is 1. The summed E-state index contributed by atoms with van der Waals surface area (Å²) in [6, 6.07) is 10.7. The van der Waals surface area contributed by atoms with Gasteiger partial charge in [0, 0.05) is 16.6 Å². The minimum atomic E-state index is -4.59. The summed E-state index contributed by atoms with van der Waals surface area (Å²) in [5.41, 5.74) is -1.43. The molecular weight excluding hydrogens is 417 g/mol. The highest BCUT2D eigenvalue weighted by Gasteiger charge is 2.33. The number of aliphatic hydroxyl groups is 2.